The number of benzene rings is 11. The van der Waals surface area contributed by atoms with E-state index >= 15 is 0 Å². The van der Waals surface area contributed by atoms with Gasteiger partial charge in [-0.25, -0.2) is 0 Å². The second-order valence-corrected chi connectivity index (χ2v) is 23.3. The van der Waals surface area contributed by atoms with E-state index in [9.17, 15) is 0 Å². The van der Waals surface area contributed by atoms with Gasteiger partial charge in [-0.15, -0.1) is 0 Å². The normalized spacial score (nSPS) is 13.2. The standard InChI is InChI=1S/C72H57BN4O/c1-71(2,3)47-30-34-50(35-31-47)76-63-27-17-28-64-69(63)73(59-41-42-62-68(70(59)77(64)51-36-32-48(33-37-51)72(4,5)6)56-24-12-14-25-61(56)75(62)49-20-8-7-9-21-49)58-40-38-53(45-65(58)76)74(60-26-16-19-46-18-10-11-22-54(46)60)52-39-43-67-57(44-52)55-23-13-15-29-66(55)78-67/h7-45H,1-6H3. The maximum atomic E-state index is 6.44. The topological polar surface area (TPSA) is 27.8 Å². The van der Waals surface area contributed by atoms with Gasteiger partial charge in [0.15, 0.2) is 0 Å². The summed E-state index contributed by atoms with van der Waals surface area (Å²) in [5.41, 5.74) is 21.9. The molecule has 0 fully saturated rings. The van der Waals surface area contributed by atoms with Crippen LogP contribution in [0.25, 0.3) is 60.2 Å². The Kier molecular flexibility index (Phi) is 10.1. The number of rotatable bonds is 6. The summed E-state index contributed by atoms with van der Waals surface area (Å²) in [6, 6.07) is 88.0. The molecule has 78 heavy (non-hydrogen) atoms. The number of nitrogens with zero attached hydrogens (tertiary/aromatic N) is 4. The molecular weight excluding hydrogens is 948 g/mol. The molecule has 0 spiro atoms. The van der Waals surface area contributed by atoms with Crippen molar-refractivity contribution in [1.29, 1.82) is 0 Å². The number of anilines is 9. The highest BCUT2D eigenvalue weighted by molar-refractivity contribution is 7.00. The van der Waals surface area contributed by atoms with Crippen LogP contribution in [0.4, 0.5) is 51.2 Å². The fraction of sp³-hybridized carbons (Fsp3) is 0.111. The summed E-state index contributed by atoms with van der Waals surface area (Å²) >= 11 is 0. The monoisotopic (exact) mass is 1000 g/mol. The van der Waals surface area contributed by atoms with E-state index in [4.69, 9.17) is 4.42 Å². The fourth-order valence-electron chi connectivity index (χ4n) is 12.9. The number of aromatic nitrogens is 1. The van der Waals surface area contributed by atoms with E-state index in [2.05, 4.69) is 291 Å². The minimum atomic E-state index is -0.103. The highest BCUT2D eigenvalue weighted by Gasteiger charge is 2.45. The van der Waals surface area contributed by atoms with Crippen molar-refractivity contribution in [1.82, 2.24) is 4.57 Å². The molecule has 13 aromatic rings. The van der Waals surface area contributed by atoms with Crippen molar-refractivity contribution >= 4 is 129 Å². The van der Waals surface area contributed by atoms with Crippen LogP contribution in [0.2, 0.25) is 0 Å². The summed E-state index contributed by atoms with van der Waals surface area (Å²) in [7, 11) is 0. The van der Waals surface area contributed by atoms with Crippen molar-refractivity contribution in [2.24, 2.45) is 0 Å². The number of furan rings is 1. The van der Waals surface area contributed by atoms with Crippen molar-refractivity contribution < 1.29 is 4.42 Å². The van der Waals surface area contributed by atoms with Crippen LogP contribution in [-0.4, -0.2) is 11.3 Å². The molecule has 0 aliphatic carbocycles. The minimum Gasteiger partial charge on any atom is -0.456 e. The molecule has 0 saturated heterocycles. The predicted octanol–water partition coefficient (Wildman–Crippen LogP) is 18.0. The molecule has 0 amide bonds. The SMILES string of the molecule is CC(C)(C)c1ccc(N2c3cc(N(c4ccc5oc6ccccc6c5c4)c4cccc5ccccc45)ccc3B3c4ccc5c(c4N(c4ccc(C(C)(C)C)cc4)c4cccc2c43)c2ccccc2n5-c2ccccc2)cc1. The Hall–Kier alpha value is -9.26. The molecule has 5 nitrogen and oxygen atoms in total. The van der Waals surface area contributed by atoms with Crippen LogP contribution >= 0.6 is 0 Å². The molecule has 0 bridgehead atoms. The summed E-state index contributed by atoms with van der Waals surface area (Å²) in [4.78, 5) is 7.58. The van der Waals surface area contributed by atoms with E-state index in [0.717, 1.165) is 61.8 Å². The van der Waals surface area contributed by atoms with Crippen molar-refractivity contribution in [3.8, 4) is 5.69 Å². The lowest BCUT2D eigenvalue weighted by Crippen LogP contribution is -2.61. The lowest BCUT2D eigenvalue weighted by Gasteiger charge is -2.44. The Morgan fingerprint density at radius 2 is 0.974 bits per heavy atom. The van der Waals surface area contributed by atoms with Gasteiger partial charge < -0.3 is 23.7 Å². The Balaban J connectivity index is 1.03. The molecule has 6 heteroatoms. The third kappa shape index (κ3) is 7.02. The van der Waals surface area contributed by atoms with E-state index in [0.29, 0.717) is 0 Å². The molecule has 2 aliphatic heterocycles. The van der Waals surface area contributed by atoms with Crippen LogP contribution < -0.4 is 31.1 Å². The number of hydrogen-bond acceptors (Lipinski definition) is 4. The molecule has 2 aromatic heterocycles. The van der Waals surface area contributed by atoms with Crippen LogP contribution in [-0.2, 0) is 10.8 Å². The summed E-state index contributed by atoms with van der Waals surface area (Å²) in [6.07, 6.45) is 0. The molecule has 11 aromatic carbocycles. The molecule has 0 N–H and O–H groups in total. The van der Waals surface area contributed by atoms with Gasteiger partial charge in [0.2, 0.25) is 0 Å². The van der Waals surface area contributed by atoms with E-state index < -0.39 is 0 Å². The van der Waals surface area contributed by atoms with E-state index in [-0.39, 0.29) is 17.5 Å². The predicted molar refractivity (Wildman–Crippen MR) is 332 cm³/mol. The first-order chi connectivity index (χ1) is 38.0. The molecular formula is C72H57BN4O. The third-order valence-corrected chi connectivity index (χ3v) is 16.7. The van der Waals surface area contributed by atoms with Crippen molar-refractivity contribution in [2.75, 3.05) is 14.7 Å². The maximum absolute atomic E-state index is 6.44. The highest BCUT2D eigenvalue weighted by Crippen LogP contribution is 2.50. The van der Waals surface area contributed by atoms with Gasteiger partial charge in [-0.2, -0.15) is 0 Å². The second kappa shape index (κ2) is 17.1. The zero-order chi connectivity index (χ0) is 52.6. The highest BCUT2D eigenvalue weighted by atomic mass is 16.3. The Bertz CT molecular complexity index is 4530. The van der Waals surface area contributed by atoms with E-state index in [1.54, 1.807) is 0 Å². The molecule has 0 unspecified atom stereocenters. The van der Waals surface area contributed by atoms with Gasteiger partial charge in [0, 0.05) is 72.4 Å². The summed E-state index contributed by atoms with van der Waals surface area (Å²) in [5.74, 6) is 0. The number of hydrogen-bond donors (Lipinski definition) is 0. The zero-order valence-corrected chi connectivity index (χ0v) is 44.8. The summed E-state index contributed by atoms with van der Waals surface area (Å²) < 4.78 is 8.89. The fourth-order valence-corrected chi connectivity index (χ4v) is 12.9. The van der Waals surface area contributed by atoms with E-state index in [1.165, 1.54) is 77.2 Å². The molecule has 374 valence electrons. The molecule has 0 radical (unpaired) electrons. The largest absolute Gasteiger partial charge is 0.456 e. The first-order valence-electron chi connectivity index (χ1n) is 27.4. The molecule has 0 atom stereocenters. The number of para-hydroxylation sites is 3. The molecule has 0 saturated carbocycles. The van der Waals surface area contributed by atoms with Crippen molar-refractivity contribution in [3.05, 3.63) is 248 Å². The lowest BCUT2D eigenvalue weighted by molar-refractivity contribution is 0.590. The van der Waals surface area contributed by atoms with Gasteiger partial charge in [0.05, 0.1) is 22.4 Å². The van der Waals surface area contributed by atoms with Gasteiger partial charge in [-0.1, -0.05) is 175 Å². The minimum absolute atomic E-state index is 0.000880. The molecule has 2 aliphatic rings. The van der Waals surface area contributed by atoms with Crippen LogP contribution in [0.15, 0.2) is 241 Å². The van der Waals surface area contributed by atoms with Gasteiger partial charge in [-0.05, 0) is 147 Å². The van der Waals surface area contributed by atoms with Gasteiger partial charge in [0.1, 0.15) is 11.2 Å². The first-order valence-corrected chi connectivity index (χ1v) is 27.4. The summed E-state index contributed by atoms with van der Waals surface area (Å²) in [6.45, 7) is 13.7. The van der Waals surface area contributed by atoms with Crippen LogP contribution in [0.5, 0.6) is 0 Å². The quantitative estimate of drug-likeness (QED) is 0.155. The average molecular weight is 1010 g/mol. The Labute approximate surface area is 455 Å². The third-order valence-electron chi connectivity index (χ3n) is 16.7. The van der Waals surface area contributed by atoms with Crippen molar-refractivity contribution in [2.45, 2.75) is 52.4 Å². The smallest absolute Gasteiger partial charge is 0.252 e. The van der Waals surface area contributed by atoms with Crippen LogP contribution in [0.3, 0.4) is 0 Å². The van der Waals surface area contributed by atoms with Gasteiger partial charge >= 0.3 is 0 Å². The maximum Gasteiger partial charge on any atom is 0.252 e. The Morgan fingerprint density at radius 3 is 1.72 bits per heavy atom. The van der Waals surface area contributed by atoms with E-state index in [1.807, 2.05) is 6.07 Å². The van der Waals surface area contributed by atoms with Gasteiger partial charge in [0.25, 0.3) is 6.71 Å². The summed E-state index contributed by atoms with van der Waals surface area (Å²) in [5, 5.41) is 7.02. The average Bonchev–Trinajstić information content (AvgIpc) is 3.83. The second-order valence-electron chi connectivity index (χ2n) is 23.3. The number of fused-ring (bicyclic) bond motifs is 12. The molecule has 15 rings (SSSR count). The molecule has 4 heterocycles. The zero-order valence-electron chi connectivity index (χ0n) is 44.8. The first kappa shape index (κ1) is 46.1. The van der Waals surface area contributed by atoms with Crippen LogP contribution in [0.1, 0.15) is 52.7 Å². The van der Waals surface area contributed by atoms with Gasteiger partial charge in [-0.3, -0.25) is 0 Å². The van der Waals surface area contributed by atoms with Crippen molar-refractivity contribution in [3.63, 3.8) is 0 Å². The van der Waals surface area contributed by atoms with Crippen LogP contribution in [0, 0.1) is 0 Å². The lowest BCUT2D eigenvalue weighted by atomic mass is 9.33. The Morgan fingerprint density at radius 1 is 0.397 bits per heavy atom.